The van der Waals surface area contributed by atoms with Gasteiger partial charge in [-0.1, -0.05) is 12.8 Å². The van der Waals surface area contributed by atoms with E-state index in [1.165, 1.54) is 7.11 Å². The molecule has 2 aliphatic carbocycles. The lowest BCUT2D eigenvalue weighted by atomic mass is 9.77. The zero-order valence-electron chi connectivity index (χ0n) is 21.5. The van der Waals surface area contributed by atoms with Gasteiger partial charge in [-0.2, -0.15) is 0 Å². The molecule has 1 saturated carbocycles. The molecule has 2 amide bonds. The lowest BCUT2D eigenvalue weighted by Gasteiger charge is -2.41. The number of fused-ring (bicyclic) bond motifs is 3. The zero-order valence-corrected chi connectivity index (χ0v) is 21.5. The Hall–Kier alpha value is -2.66. The summed E-state index contributed by atoms with van der Waals surface area (Å²) in [6, 6.07) is 2.60. The van der Waals surface area contributed by atoms with Crippen LogP contribution in [0.2, 0.25) is 0 Å². The predicted molar refractivity (Wildman–Crippen MR) is 134 cm³/mol. The van der Waals surface area contributed by atoms with Gasteiger partial charge < -0.3 is 39.7 Å². The Kier molecular flexibility index (Phi) is 9.07. The second-order valence-electron chi connectivity index (χ2n) is 9.95. The Morgan fingerprint density at radius 1 is 1.19 bits per heavy atom. The minimum Gasteiger partial charge on any atom is -0.493 e. The number of aliphatic hydroxyl groups excluding tert-OH is 3. The van der Waals surface area contributed by atoms with E-state index in [1.54, 1.807) is 30.2 Å². The van der Waals surface area contributed by atoms with E-state index < -0.39 is 30.1 Å². The highest BCUT2D eigenvalue weighted by molar-refractivity contribution is 5.96. The van der Waals surface area contributed by atoms with Crippen molar-refractivity contribution in [3.8, 4) is 11.5 Å². The van der Waals surface area contributed by atoms with Crippen molar-refractivity contribution in [1.29, 1.82) is 0 Å². The molecular weight excluding hydrogens is 480 g/mol. The van der Waals surface area contributed by atoms with Crippen molar-refractivity contribution in [2.24, 2.45) is 5.92 Å². The molecule has 4 rings (SSSR count). The van der Waals surface area contributed by atoms with Crippen LogP contribution in [0.1, 0.15) is 49.1 Å². The summed E-state index contributed by atoms with van der Waals surface area (Å²) >= 11 is 0. The summed E-state index contributed by atoms with van der Waals surface area (Å²) < 4.78 is 17.0. The van der Waals surface area contributed by atoms with E-state index in [1.807, 2.05) is 0 Å². The standard InChI is InChI=1S/C27H38N2O8/c1-35-10-8-29(22(32)13-16-5-3-4-6-16)20-14-19(27(34)28-7-9-30)23-18-11-17(15-31)12-21(36-2)25(18)37-26(23)24(20)33/h11-12,14,16,20,23-24,26,30-31,33H,3-10,13,15H2,1-2H3,(H,28,34). The van der Waals surface area contributed by atoms with Crippen LogP contribution in [0.4, 0.5) is 0 Å². The molecule has 1 heterocycles. The number of rotatable bonds is 11. The van der Waals surface area contributed by atoms with E-state index in [2.05, 4.69) is 5.32 Å². The lowest BCUT2D eigenvalue weighted by molar-refractivity contribution is -0.139. The van der Waals surface area contributed by atoms with Gasteiger partial charge in [0.1, 0.15) is 12.2 Å². The third kappa shape index (κ3) is 5.62. The van der Waals surface area contributed by atoms with E-state index >= 15 is 0 Å². The van der Waals surface area contributed by atoms with Crippen molar-refractivity contribution in [1.82, 2.24) is 10.2 Å². The molecule has 1 aliphatic heterocycles. The number of carbonyl (C=O) groups is 2. The first kappa shape index (κ1) is 27.4. The number of carbonyl (C=O) groups excluding carboxylic acids is 2. The molecule has 4 unspecified atom stereocenters. The summed E-state index contributed by atoms with van der Waals surface area (Å²) in [7, 11) is 3.04. The second kappa shape index (κ2) is 12.3. The number of hydrogen-bond donors (Lipinski definition) is 4. The molecule has 0 radical (unpaired) electrons. The second-order valence-corrected chi connectivity index (χ2v) is 9.95. The molecule has 4 atom stereocenters. The van der Waals surface area contributed by atoms with Crippen molar-refractivity contribution < 1.29 is 39.1 Å². The smallest absolute Gasteiger partial charge is 0.247 e. The Balaban J connectivity index is 1.74. The highest BCUT2D eigenvalue weighted by Gasteiger charge is 2.51. The fourth-order valence-electron chi connectivity index (χ4n) is 5.83. The van der Waals surface area contributed by atoms with Gasteiger partial charge in [-0.3, -0.25) is 9.59 Å². The number of amides is 2. The van der Waals surface area contributed by atoms with Gasteiger partial charge in [0.25, 0.3) is 0 Å². The minimum atomic E-state index is -1.13. The highest BCUT2D eigenvalue weighted by atomic mass is 16.5. The molecule has 1 aromatic rings. The summed E-state index contributed by atoms with van der Waals surface area (Å²) in [4.78, 5) is 28.4. The van der Waals surface area contributed by atoms with Crippen LogP contribution in [0.5, 0.6) is 11.5 Å². The summed E-state index contributed by atoms with van der Waals surface area (Å²) in [6.45, 7) is 0.135. The molecule has 0 aromatic heterocycles. The lowest BCUT2D eigenvalue weighted by Crippen LogP contribution is -2.56. The monoisotopic (exact) mass is 518 g/mol. The highest BCUT2D eigenvalue weighted by Crippen LogP contribution is 2.51. The quantitative estimate of drug-likeness (QED) is 0.339. The van der Waals surface area contributed by atoms with E-state index in [-0.39, 0.29) is 38.8 Å². The van der Waals surface area contributed by atoms with Crippen molar-refractivity contribution in [3.05, 3.63) is 34.9 Å². The molecule has 37 heavy (non-hydrogen) atoms. The van der Waals surface area contributed by atoms with Crippen LogP contribution in [0.15, 0.2) is 23.8 Å². The Morgan fingerprint density at radius 3 is 2.59 bits per heavy atom. The van der Waals surface area contributed by atoms with Crippen LogP contribution in [0.25, 0.3) is 0 Å². The molecule has 4 N–H and O–H groups in total. The summed E-state index contributed by atoms with van der Waals surface area (Å²) in [6.07, 6.45) is 4.31. The fraction of sp³-hybridized carbons (Fsp3) is 0.630. The van der Waals surface area contributed by atoms with Gasteiger partial charge in [0.05, 0.1) is 38.9 Å². The first-order valence-corrected chi connectivity index (χ1v) is 13.0. The van der Waals surface area contributed by atoms with Crippen LogP contribution in [0, 0.1) is 5.92 Å². The molecule has 10 heteroatoms. The van der Waals surface area contributed by atoms with E-state index in [4.69, 9.17) is 14.2 Å². The van der Waals surface area contributed by atoms with Crippen LogP contribution >= 0.6 is 0 Å². The maximum atomic E-state index is 13.5. The number of ether oxygens (including phenoxy) is 3. The molecule has 1 fully saturated rings. The Labute approximate surface area is 217 Å². The number of methoxy groups -OCH3 is 2. The molecule has 0 spiro atoms. The Morgan fingerprint density at radius 2 is 1.95 bits per heavy atom. The molecule has 0 bridgehead atoms. The van der Waals surface area contributed by atoms with Gasteiger partial charge in [-0.15, -0.1) is 0 Å². The van der Waals surface area contributed by atoms with Crippen LogP contribution in [-0.2, 0) is 20.9 Å². The Bertz CT molecular complexity index is 1010. The van der Waals surface area contributed by atoms with Crippen molar-refractivity contribution in [2.45, 2.75) is 62.9 Å². The number of nitrogens with zero attached hydrogens (tertiary/aromatic N) is 1. The fourth-order valence-corrected chi connectivity index (χ4v) is 5.83. The van der Waals surface area contributed by atoms with Crippen molar-refractivity contribution in [2.75, 3.05) is 40.5 Å². The molecule has 1 aromatic carbocycles. The maximum absolute atomic E-state index is 13.5. The van der Waals surface area contributed by atoms with Gasteiger partial charge in [0.15, 0.2) is 11.5 Å². The SMILES string of the molecule is COCCN(C(=O)CC1CCCC1)C1C=C(C(=O)NCCO)C2c3cc(CO)cc(OC)c3OC2C1O. The molecule has 204 valence electrons. The average Bonchev–Trinajstić information content (AvgIpc) is 3.56. The summed E-state index contributed by atoms with van der Waals surface area (Å²) in [5, 5.41) is 33.3. The van der Waals surface area contributed by atoms with Gasteiger partial charge in [-0.25, -0.2) is 0 Å². The average molecular weight is 519 g/mol. The number of hydrogen-bond acceptors (Lipinski definition) is 8. The van der Waals surface area contributed by atoms with E-state index in [9.17, 15) is 24.9 Å². The molecule has 10 nitrogen and oxygen atoms in total. The predicted octanol–water partition coefficient (Wildman–Crippen LogP) is 0.865. The van der Waals surface area contributed by atoms with Crippen molar-refractivity contribution in [3.63, 3.8) is 0 Å². The zero-order chi connectivity index (χ0) is 26.5. The summed E-state index contributed by atoms with van der Waals surface area (Å²) in [5.74, 6) is -0.0430. The minimum absolute atomic E-state index is 0.0580. The summed E-state index contributed by atoms with van der Waals surface area (Å²) in [5.41, 5.74) is 1.54. The normalized spacial score (nSPS) is 24.6. The third-order valence-corrected chi connectivity index (χ3v) is 7.65. The van der Waals surface area contributed by atoms with Gasteiger partial charge in [0, 0.05) is 37.8 Å². The number of benzene rings is 1. The molecule has 3 aliphatic rings. The first-order valence-electron chi connectivity index (χ1n) is 13.0. The topological polar surface area (TPSA) is 138 Å². The van der Waals surface area contributed by atoms with Crippen LogP contribution in [0.3, 0.4) is 0 Å². The van der Waals surface area contributed by atoms with Gasteiger partial charge >= 0.3 is 0 Å². The van der Waals surface area contributed by atoms with E-state index in [0.717, 1.165) is 25.7 Å². The van der Waals surface area contributed by atoms with Gasteiger partial charge in [0.2, 0.25) is 11.8 Å². The maximum Gasteiger partial charge on any atom is 0.247 e. The van der Waals surface area contributed by atoms with E-state index in [0.29, 0.717) is 40.5 Å². The number of aliphatic hydroxyl groups is 3. The van der Waals surface area contributed by atoms with Crippen LogP contribution in [-0.4, -0.2) is 90.8 Å². The van der Waals surface area contributed by atoms with Crippen LogP contribution < -0.4 is 14.8 Å². The molecule has 0 saturated heterocycles. The molecular formula is C27H38N2O8. The largest absolute Gasteiger partial charge is 0.493 e. The van der Waals surface area contributed by atoms with Crippen molar-refractivity contribution >= 4 is 11.8 Å². The van der Waals surface area contributed by atoms with Gasteiger partial charge in [-0.05, 0) is 42.5 Å². The third-order valence-electron chi connectivity index (χ3n) is 7.65. The first-order chi connectivity index (χ1) is 17.9. The number of nitrogens with one attached hydrogen (secondary N) is 1.